The smallest absolute Gasteiger partial charge is 0.249 e. The summed E-state index contributed by atoms with van der Waals surface area (Å²) in [6.45, 7) is 4.27. The molecule has 4 rings (SSSR count). The lowest BCUT2D eigenvalue weighted by Crippen LogP contribution is -2.50. The first-order chi connectivity index (χ1) is 15.3. The molecule has 0 saturated heterocycles. The van der Waals surface area contributed by atoms with Crippen molar-refractivity contribution in [3.63, 3.8) is 0 Å². The molecular weight excluding hydrogens is 411 g/mol. The first-order valence-corrected chi connectivity index (χ1v) is 10.5. The van der Waals surface area contributed by atoms with Crippen LogP contribution in [0.5, 0.6) is 5.75 Å². The second-order valence-corrected chi connectivity index (χ2v) is 8.08. The van der Waals surface area contributed by atoms with Crippen molar-refractivity contribution in [2.75, 3.05) is 31.0 Å². The number of ether oxygens (including phenoxy) is 1. The van der Waals surface area contributed by atoms with Gasteiger partial charge >= 0.3 is 0 Å². The third-order valence-corrected chi connectivity index (χ3v) is 5.93. The van der Waals surface area contributed by atoms with E-state index in [0.717, 1.165) is 40.6 Å². The molecule has 1 aromatic carbocycles. The lowest BCUT2D eigenvalue weighted by atomic mass is 10.1. The highest BCUT2D eigenvalue weighted by Gasteiger charge is 2.34. The van der Waals surface area contributed by atoms with Gasteiger partial charge in [-0.3, -0.25) is 9.48 Å². The van der Waals surface area contributed by atoms with Gasteiger partial charge in [0.25, 0.3) is 0 Å². The fourth-order valence-electron chi connectivity index (χ4n) is 4.00. The van der Waals surface area contributed by atoms with Crippen LogP contribution < -0.4 is 14.5 Å². The molecule has 1 atom stereocenters. The van der Waals surface area contributed by atoms with Gasteiger partial charge in [-0.1, -0.05) is 6.07 Å². The summed E-state index contributed by atoms with van der Waals surface area (Å²) in [5.41, 5.74) is 3.46. The molecule has 2 aromatic heterocycles. The Morgan fingerprint density at radius 1 is 1.19 bits per heavy atom. The number of hydrogen-bond acceptors (Lipinski definition) is 6. The number of anilines is 2. The van der Waals surface area contributed by atoms with E-state index in [9.17, 15) is 9.18 Å². The molecule has 0 spiro atoms. The van der Waals surface area contributed by atoms with Crippen LogP contribution in [0.2, 0.25) is 0 Å². The van der Waals surface area contributed by atoms with Crippen LogP contribution in [0.25, 0.3) is 0 Å². The van der Waals surface area contributed by atoms with E-state index in [1.165, 1.54) is 19.2 Å². The monoisotopic (exact) mass is 438 g/mol. The van der Waals surface area contributed by atoms with Crippen molar-refractivity contribution in [3.05, 3.63) is 59.1 Å². The van der Waals surface area contributed by atoms with Gasteiger partial charge < -0.3 is 14.5 Å². The molecule has 0 aliphatic carbocycles. The van der Waals surface area contributed by atoms with Crippen LogP contribution in [0, 0.1) is 12.7 Å². The van der Waals surface area contributed by atoms with E-state index in [2.05, 4.69) is 10.1 Å². The normalized spacial score (nSPS) is 15.8. The first kappa shape index (κ1) is 21.7. The molecule has 0 radical (unpaired) electrons. The van der Waals surface area contributed by atoms with Crippen molar-refractivity contribution in [3.8, 4) is 5.75 Å². The van der Waals surface area contributed by atoms with Crippen molar-refractivity contribution in [2.45, 2.75) is 39.3 Å². The fourth-order valence-corrected chi connectivity index (χ4v) is 4.00. The van der Waals surface area contributed by atoms with Gasteiger partial charge in [0.2, 0.25) is 5.91 Å². The minimum Gasteiger partial charge on any atom is -0.496 e. The number of benzene rings is 1. The summed E-state index contributed by atoms with van der Waals surface area (Å²) >= 11 is 0. The maximum Gasteiger partial charge on any atom is 0.249 e. The average molecular weight is 439 g/mol. The molecule has 0 fully saturated rings. The molecule has 168 valence electrons. The van der Waals surface area contributed by atoms with Gasteiger partial charge in [0, 0.05) is 38.3 Å². The summed E-state index contributed by atoms with van der Waals surface area (Å²) in [5, 5.41) is 4.42. The number of nitrogens with zero attached hydrogens (tertiary/aromatic N) is 6. The zero-order chi connectivity index (χ0) is 23.0. The molecule has 32 heavy (non-hydrogen) atoms. The molecule has 9 heteroatoms. The van der Waals surface area contributed by atoms with Crippen molar-refractivity contribution in [2.24, 2.45) is 0 Å². The van der Waals surface area contributed by atoms with E-state index in [1.54, 1.807) is 22.7 Å². The van der Waals surface area contributed by atoms with Crippen molar-refractivity contribution in [1.82, 2.24) is 19.7 Å². The molecule has 8 nitrogen and oxygen atoms in total. The Hall–Kier alpha value is -3.49. The summed E-state index contributed by atoms with van der Waals surface area (Å²) in [6, 6.07) is 4.23. The lowest BCUT2D eigenvalue weighted by molar-refractivity contribution is -0.119. The standard InChI is InChI=1S/C23H27FN6O2/c1-14-21-22(28(3)15(2)23(31)29(21)4)27-20(26-14)9-6-16-11-25-30(12-16)13-17-7-8-18(24)10-19(17)32-5/h7-8,10-12,15H,6,9,13H2,1-5H3/t15-/m0/s1. The summed E-state index contributed by atoms with van der Waals surface area (Å²) in [4.78, 5) is 25.4. The highest BCUT2D eigenvalue weighted by Crippen LogP contribution is 2.34. The summed E-state index contributed by atoms with van der Waals surface area (Å²) < 4.78 is 20.5. The average Bonchev–Trinajstić information content (AvgIpc) is 3.23. The predicted molar refractivity (Wildman–Crippen MR) is 120 cm³/mol. The number of rotatable bonds is 6. The van der Waals surface area contributed by atoms with Crippen molar-refractivity contribution < 1.29 is 13.9 Å². The van der Waals surface area contributed by atoms with Gasteiger partial charge in [-0.15, -0.1) is 0 Å². The quantitative estimate of drug-likeness (QED) is 0.589. The Morgan fingerprint density at radius 3 is 2.72 bits per heavy atom. The number of aromatic nitrogens is 4. The van der Waals surface area contributed by atoms with Crippen molar-refractivity contribution in [1.29, 1.82) is 0 Å². The number of hydrogen-bond donors (Lipinski definition) is 0. The Labute approximate surface area is 186 Å². The fraction of sp³-hybridized carbons (Fsp3) is 0.391. The SMILES string of the molecule is COc1cc(F)ccc1Cn1cc(CCc2nc(C)c3c(n2)N(C)[C@@H](C)C(=O)N3C)cn1. The predicted octanol–water partition coefficient (Wildman–Crippen LogP) is 2.76. The molecule has 1 aliphatic heterocycles. The van der Waals surface area contributed by atoms with Gasteiger partial charge in [-0.05, 0) is 31.9 Å². The second-order valence-electron chi connectivity index (χ2n) is 8.08. The van der Waals surface area contributed by atoms with Crippen LogP contribution in [0.4, 0.5) is 15.9 Å². The Kier molecular flexibility index (Phi) is 5.82. The summed E-state index contributed by atoms with van der Waals surface area (Å²) in [7, 11) is 5.18. The molecule has 0 N–H and O–H groups in total. The topological polar surface area (TPSA) is 76.4 Å². The zero-order valence-corrected chi connectivity index (χ0v) is 19.0. The van der Waals surface area contributed by atoms with E-state index in [4.69, 9.17) is 9.72 Å². The molecule has 3 heterocycles. The number of aryl methyl sites for hydroxylation is 3. The van der Waals surface area contributed by atoms with Gasteiger partial charge in [0.1, 0.15) is 29.1 Å². The number of carbonyl (C=O) groups excluding carboxylic acids is 1. The molecule has 1 amide bonds. The van der Waals surface area contributed by atoms with Crippen LogP contribution in [0.1, 0.15) is 29.6 Å². The Bertz CT molecular complexity index is 1160. The van der Waals surface area contributed by atoms with Crippen molar-refractivity contribution >= 4 is 17.4 Å². The first-order valence-electron chi connectivity index (χ1n) is 10.5. The highest BCUT2D eigenvalue weighted by molar-refractivity contribution is 6.04. The van der Waals surface area contributed by atoms with Gasteiger partial charge in [0.05, 0.1) is 25.5 Å². The van der Waals surface area contributed by atoms with Crippen LogP contribution >= 0.6 is 0 Å². The molecule has 3 aromatic rings. The Morgan fingerprint density at radius 2 is 1.97 bits per heavy atom. The third-order valence-electron chi connectivity index (χ3n) is 5.93. The lowest BCUT2D eigenvalue weighted by Gasteiger charge is -2.37. The summed E-state index contributed by atoms with van der Waals surface area (Å²) in [6.07, 6.45) is 5.17. The molecule has 1 aliphatic rings. The van der Waals surface area contributed by atoms with Crippen LogP contribution in [0.15, 0.2) is 30.6 Å². The van der Waals surface area contributed by atoms with Crippen LogP contribution in [0.3, 0.4) is 0 Å². The molecule has 0 saturated carbocycles. The summed E-state index contributed by atoms with van der Waals surface area (Å²) in [5.74, 6) is 1.71. The number of amides is 1. The Balaban J connectivity index is 1.48. The number of methoxy groups -OCH3 is 1. The second kappa shape index (κ2) is 8.57. The van der Waals surface area contributed by atoms with Gasteiger partial charge in [-0.25, -0.2) is 14.4 Å². The van der Waals surface area contributed by atoms with Gasteiger partial charge in [0.15, 0.2) is 5.82 Å². The van der Waals surface area contributed by atoms with E-state index in [0.29, 0.717) is 18.7 Å². The van der Waals surface area contributed by atoms with E-state index in [-0.39, 0.29) is 17.8 Å². The van der Waals surface area contributed by atoms with Crippen LogP contribution in [-0.2, 0) is 24.2 Å². The number of likely N-dealkylation sites (N-methyl/N-ethyl adjacent to an activating group) is 2. The number of fused-ring (bicyclic) bond motifs is 1. The largest absolute Gasteiger partial charge is 0.496 e. The molecular formula is C23H27FN6O2. The van der Waals surface area contributed by atoms with Gasteiger partial charge in [-0.2, -0.15) is 5.10 Å². The van der Waals surface area contributed by atoms with E-state index in [1.807, 2.05) is 38.2 Å². The maximum atomic E-state index is 13.4. The molecule has 0 bridgehead atoms. The third kappa shape index (κ3) is 4.02. The van der Waals surface area contributed by atoms with E-state index >= 15 is 0 Å². The zero-order valence-electron chi connectivity index (χ0n) is 19.0. The van der Waals surface area contributed by atoms with E-state index < -0.39 is 0 Å². The van der Waals surface area contributed by atoms with Crippen LogP contribution in [-0.4, -0.2) is 52.9 Å². The molecule has 0 unspecified atom stereocenters. The highest BCUT2D eigenvalue weighted by atomic mass is 19.1. The maximum absolute atomic E-state index is 13.4. The number of halogens is 1. The minimum absolute atomic E-state index is 0.0321. The number of carbonyl (C=O) groups is 1. The minimum atomic E-state index is -0.331.